The monoisotopic (exact) mass is 347 g/mol. The van der Waals surface area contributed by atoms with Gasteiger partial charge in [-0.05, 0) is 52.9 Å². The van der Waals surface area contributed by atoms with E-state index in [1.807, 2.05) is 31.1 Å². The number of nitrogens with one attached hydrogen (secondary N) is 1. The minimum Gasteiger partial charge on any atom is -0.378 e. The van der Waals surface area contributed by atoms with Crippen LogP contribution in [-0.2, 0) is 9.53 Å². The third kappa shape index (κ3) is 6.42. The molecule has 1 unspecified atom stereocenters. The van der Waals surface area contributed by atoms with E-state index in [-0.39, 0.29) is 11.9 Å². The van der Waals surface area contributed by atoms with Crippen molar-refractivity contribution in [1.29, 1.82) is 0 Å². The average molecular weight is 348 g/mol. The van der Waals surface area contributed by atoms with Crippen LogP contribution in [0.5, 0.6) is 0 Å². The van der Waals surface area contributed by atoms with Crippen molar-refractivity contribution >= 4 is 5.91 Å². The molecule has 0 aromatic heterocycles. The van der Waals surface area contributed by atoms with E-state index < -0.39 is 0 Å². The number of hydrogen-bond acceptors (Lipinski definition) is 4. The standard InChI is InChI=1S/C20H33N3O2/c1-16-7-5-8-17(15-16)19(22(2)3)20(24)21-11-6-14-25-18-9-12-23(4)13-10-18/h5,7-8,15,18-19H,6,9-14H2,1-4H3,(H,21,24). The number of likely N-dealkylation sites (N-methyl/N-ethyl adjacent to an activating group) is 1. The molecule has 2 rings (SSSR count). The first kappa shape index (κ1) is 19.9. The van der Waals surface area contributed by atoms with Crippen molar-refractivity contribution < 1.29 is 9.53 Å². The second-order valence-corrected chi connectivity index (χ2v) is 7.30. The minimum absolute atomic E-state index is 0.0508. The molecule has 1 amide bonds. The van der Waals surface area contributed by atoms with Crippen LogP contribution in [0.25, 0.3) is 0 Å². The lowest BCUT2D eigenvalue weighted by Crippen LogP contribution is -2.38. The van der Waals surface area contributed by atoms with Crippen LogP contribution in [0.3, 0.4) is 0 Å². The van der Waals surface area contributed by atoms with Gasteiger partial charge in [0.25, 0.3) is 0 Å². The van der Waals surface area contributed by atoms with Gasteiger partial charge >= 0.3 is 0 Å². The largest absolute Gasteiger partial charge is 0.378 e. The fraction of sp³-hybridized carbons (Fsp3) is 0.650. The zero-order chi connectivity index (χ0) is 18.2. The molecule has 1 N–H and O–H groups in total. The lowest BCUT2D eigenvalue weighted by Gasteiger charge is -2.29. The number of benzene rings is 1. The van der Waals surface area contributed by atoms with E-state index in [2.05, 4.69) is 36.3 Å². The summed E-state index contributed by atoms with van der Waals surface area (Å²) in [6, 6.07) is 7.89. The molecule has 0 bridgehead atoms. The Balaban J connectivity index is 1.72. The fourth-order valence-corrected chi connectivity index (χ4v) is 3.31. The number of ether oxygens (including phenoxy) is 1. The molecular formula is C20H33N3O2. The Hall–Kier alpha value is -1.43. The summed E-state index contributed by atoms with van der Waals surface area (Å²) in [7, 11) is 6.03. The van der Waals surface area contributed by atoms with Gasteiger partial charge in [-0.15, -0.1) is 0 Å². The molecule has 140 valence electrons. The van der Waals surface area contributed by atoms with Gasteiger partial charge in [0, 0.05) is 26.2 Å². The number of hydrogen-bond donors (Lipinski definition) is 1. The van der Waals surface area contributed by atoms with Crippen molar-refractivity contribution in [2.24, 2.45) is 0 Å². The van der Waals surface area contributed by atoms with E-state index in [4.69, 9.17) is 4.74 Å². The van der Waals surface area contributed by atoms with Crippen LogP contribution >= 0.6 is 0 Å². The predicted octanol–water partition coefficient (Wildman–Crippen LogP) is 2.21. The summed E-state index contributed by atoms with van der Waals surface area (Å²) in [5.41, 5.74) is 2.20. The molecule has 1 aliphatic rings. The van der Waals surface area contributed by atoms with Crippen molar-refractivity contribution in [2.45, 2.75) is 38.3 Å². The van der Waals surface area contributed by atoms with Crippen molar-refractivity contribution in [3.05, 3.63) is 35.4 Å². The van der Waals surface area contributed by atoms with Crippen LogP contribution in [0.15, 0.2) is 24.3 Å². The minimum atomic E-state index is -0.255. The van der Waals surface area contributed by atoms with Crippen molar-refractivity contribution in [3.8, 4) is 0 Å². The maximum Gasteiger partial charge on any atom is 0.241 e. The smallest absolute Gasteiger partial charge is 0.241 e. The van der Waals surface area contributed by atoms with Gasteiger partial charge in [-0.25, -0.2) is 0 Å². The van der Waals surface area contributed by atoms with E-state index in [9.17, 15) is 4.79 Å². The molecule has 0 spiro atoms. The van der Waals surface area contributed by atoms with Crippen LogP contribution in [0.1, 0.15) is 36.4 Å². The second-order valence-electron chi connectivity index (χ2n) is 7.30. The number of rotatable bonds is 8. The van der Waals surface area contributed by atoms with E-state index in [1.165, 1.54) is 5.56 Å². The number of carbonyl (C=O) groups excluding carboxylic acids is 1. The molecule has 5 nitrogen and oxygen atoms in total. The van der Waals surface area contributed by atoms with Crippen LogP contribution in [-0.4, -0.2) is 69.2 Å². The zero-order valence-corrected chi connectivity index (χ0v) is 16.1. The number of likely N-dealkylation sites (tertiary alicyclic amines) is 1. The zero-order valence-electron chi connectivity index (χ0n) is 16.1. The van der Waals surface area contributed by atoms with E-state index in [0.717, 1.165) is 37.9 Å². The average Bonchev–Trinajstić information content (AvgIpc) is 2.56. The molecule has 1 aromatic carbocycles. The Morgan fingerprint density at radius 3 is 2.72 bits per heavy atom. The Bertz CT molecular complexity index is 539. The van der Waals surface area contributed by atoms with Gasteiger partial charge in [0.2, 0.25) is 5.91 Å². The second kappa shape index (κ2) is 9.90. The van der Waals surface area contributed by atoms with Gasteiger partial charge < -0.3 is 15.0 Å². The van der Waals surface area contributed by atoms with Crippen molar-refractivity contribution in [1.82, 2.24) is 15.1 Å². The first-order valence-corrected chi connectivity index (χ1v) is 9.28. The molecule has 1 aromatic rings. The van der Waals surface area contributed by atoms with Gasteiger partial charge in [0.05, 0.1) is 6.10 Å². The number of amides is 1. The van der Waals surface area contributed by atoms with Crippen LogP contribution in [0, 0.1) is 6.92 Å². The highest BCUT2D eigenvalue weighted by molar-refractivity contribution is 5.83. The predicted molar refractivity (Wildman–Crippen MR) is 102 cm³/mol. The number of nitrogens with zero attached hydrogens (tertiary/aromatic N) is 2. The molecule has 1 fully saturated rings. The van der Waals surface area contributed by atoms with Crippen LogP contribution in [0.2, 0.25) is 0 Å². The Morgan fingerprint density at radius 1 is 1.36 bits per heavy atom. The van der Waals surface area contributed by atoms with Gasteiger partial charge in [-0.2, -0.15) is 0 Å². The van der Waals surface area contributed by atoms with Gasteiger partial charge in [0.15, 0.2) is 0 Å². The summed E-state index contributed by atoms with van der Waals surface area (Å²) < 4.78 is 5.93. The first-order chi connectivity index (χ1) is 12.0. The van der Waals surface area contributed by atoms with E-state index in [0.29, 0.717) is 19.3 Å². The lowest BCUT2D eigenvalue weighted by atomic mass is 10.0. The summed E-state index contributed by atoms with van der Waals surface area (Å²) in [6.45, 7) is 5.65. The molecule has 1 saturated heterocycles. The Kier molecular flexibility index (Phi) is 7.88. The highest BCUT2D eigenvalue weighted by Crippen LogP contribution is 2.19. The normalized spacial score (nSPS) is 17.6. The summed E-state index contributed by atoms with van der Waals surface area (Å²) in [5.74, 6) is 0.0508. The highest BCUT2D eigenvalue weighted by atomic mass is 16.5. The van der Waals surface area contributed by atoms with Crippen LogP contribution in [0.4, 0.5) is 0 Å². The van der Waals surface area contributed by atoms with E-state index in [1.54, 1.807) is 0 Å². The number of aryl methyl sites for hydroxylation is 1. The van der Waals surface area contributed by atoms with Crippen molar-refractivity contribution in [2.75, 3.05) is 47.4 Å². The summed E-state index contributed by atoms with van der Waals surface area (Å²) in [4.78, 5) is 16.9. The molecule has 25 heavy (non-hydrogen) atoms. The Labute approximate surface area is 152 Å². The molecule has 0 saturated carbocycles. The summed E-state index contributed by atoms with van der Waals surface area (Å²) in [5, 5.41) is 3.06. The molecule has 0 aliphatic carbocycles. The quantitative estimate of drug-likeness (QED) is 0.733. The number of piperidine rings is 1. The highest BCUT2D eigenvalue weighted by Gasteiger charge is 2.22. The van der Waals surface area contributed by atoms with Gasteiger partial charge in [0.1, 0.15) is 6.04 Å². The topological polar surface area (TPSA) is 44.8 Å². The third-order valence-corrected chi connectivity index (χ3v) is 4.76. The van der Waals surface area contributed by atoms with Gasteiger partial charge in [-0.1, -0.05) is 29.8 Å². The van der Waals surface area contributed by atoms with E-state index >= 15 is 0 Å². The number of carbonyl (C=O) groups is 1. The van der Waals surface area contributed by atoms with Gasteiger partial charge in [-0.3, -0.25) is 9.69 Å². The molecule has 5 heteroatoms. The Morgan fingerprint density at radius 2 is 2.08 bits per heavy atom. The van der Waals surface area contributed by atoms with Crippen LogP contribution < -0.4 is 5.32 Å². The lowest BCUT2D eigenvalue weighted by molar-refractivity contribution is -0.125. The summed E-state index contributed by atoms with van der Waals surface area (Å²) in [6.07, 6.45) is 3.46. The molecule has 1 atom stereocenters. The molecule has 0 radical (unpaired) electrons. The fourth-order valence-electron chi connectivity index (χ4n) is 3.31. The molecule has 1 aliphatic heterocycles. The maximum absolute atomic E-state index is 12.6. The molecular weight excluding hydrogens is 314 g/mol. The molecule has 1 heterocycles. The SMILES string of the molecule is Cc1cccc(C(C(=O)NCCCOC2CCN(C)CC2)N(C)C)c1. The summed E-state index contributed by atoms with van der Waals surface area (Å²) >= 11 is 0. The third-order valence-electron chi connectivity index (χ3n) is 4.76. The maximum atomic E-state index is 12.6. The first-order valence-electron chi connectivity index (χ1n) is 9.28. The van der Waals surface area contributed by atoms with Crippen molar-refractivity contribution in [3.63, 3.8) is 0 Å².